The van der Waals surface area contributed by atoms with E-state index in [0.717, 1.165) is 0 Å². The van der Waals surface area contributed by atoms with Crippen molar-refractivity contribution in [3.8, 4) is 0 Å². The monoisotopic (exact) mass is 1010 g/mol. The Labute approximate surface area is 399 Å². The van der Waals surface area contributed by atoms with Gasteiger partial charge in [-0.2, -0.15) is 0 Å². The van der Waals surface area contributed by atoms with Crippen LogP contribution in [0.15, 0.2) is 0 Å². The summed E-state index contributed by atoms with van der Waals surface area (Å²) in [7, 11) is 16.2. The van der Waals surface area contributed by atoms with E-state index < -0.39 is 81.7 Å². The molecule has 0 aliphatic carbocycles. The molecule has 0 rings (SSSR count). The number of rotatable bonds is 40. The molecule has 0 fully saturated rings. The average Bonchev–Trinajstić information content (AvgIpc) is 3.18. The van der Waals surface area contributed by atoms with E-state index >= 15 is 0 Å². The third kappa shape index (κ3) is 25.2. The first-order chi connectivity index (χ1) is 29.0. The van der Waals surface area contributed by atoms with Gasteiger partial charge in [-0.15, -0.1) is 0 Å². The van der Waals surface area contributed by atoms with Crippen LogP contribution in [0, 0.1) is 155 Å². The van der Waals surface area contributed by atoms with Gasteiger partial charge in [0.2, 0.25) is 0 Å². The summed E-state index contributed by atoms with van der Waals surface area (Å²) < 4.78 is 60.7. The second-order valence-corrected chi connectivity index (χ2v) is 40.6. The Balaban J connectivity index is 5.94. The van der Waals surface area contributed by atoms with E-state index in [2.05, 4.69) is 0 Å². The van der Waals surface area contributed by atoms with Gasteiger partial charge in [-0.05, 0) is 172 Å². The summed E-state index contributed by atoms with van der Waals surface area (Å²) in [5.41, 5.74) is -0.541. The fourth-order valence-corrected chi connectivity index (χ4v) is 26.6. The highest BCUT2D eigenvalue weighted by atomic mass is 28.4. The van der Waals surface area contributed by atoms with Crippen molar-refractivity contribution in [2.45, 2.75) is 119 Å². The van der Waals surface area contributed by atoms with E-state index in [4.69, 9.17) is 202 Å². The Hall–Kier alpha value is 1.47. The highest BCUT2D eigenvalue weighted by Crippen LogP contribution is 2.42. The summed E-state index contributed by atoms with van der Waals surface area (Å²) in [6, 6.07) is 1.66. The summed E-state index contributed by atoms with van der Waals surface area (Å²) in [5, 5.41) is 0. The van der Waals surface area contributed by atoms with E-state index in [1.165, 1.54) is 0 Å². The third-order valence-corrected chi connectivity index (χ3v) is 32.2. The zero-order valence-electron chi connectivity index (χ0n) is 36.0. The van der Waals surface area contributed by atoms with Crippen molar-refractivity contribution in [2.24, 2.45) is 5.41 Å². The normalized spacial score (nSPS) is 14.6. The molecule has 0 bridgehead atoms. The summed E-state index contributed by atoms with van der Waals surface area (Å²) in [5.74, 6) is 0. The molecule has 336 valence electrons. The van der Waals surface area contributed by atoms with E-state index in [0.29, 0.717) is 38.5 Å². The van der Waals surface area contributed by atoms with E-state index in [9.17, 15) is 0 Å². The molecule has 0 saturated heterocycles. The number of hydrogen-bond donors (Lipinski definition) is 0. The summed E-state index contributed by atoms with van der Waals surface area (Å²) in [6.07, 6.45) is 4.10. The molecular formula is C42H60O12Si9. The Morgan fingerprint density at radius 1 is 0.270 bits per heavy atom. The second-order valence-electron chi connectivity index (χ2n) is 16.0. The molecule has 21 heteroatoms. The molecule has 63 heavy (non-hydrogen) atoms. The van der Waals surface area contributed by atoms with Crippen LogP contribution in [-0.4, -0.2) is 76.3 Å². The van der Waals surface area contributed by atoms with Crippen LogP contribution in [0.5, 0.6) is 0 Å². The molecule has 0 atom stereocenters. The zero-order chi connectivity index (χ0) is 48.9. The maximum Gasteiger partial charge on any atom is 0.502 e. The highest BCUT2D eigenvalue weighted by molar-refractivity contribution is 6.92. The minimum atomic E-state index is -3.51. The lowest BCUT2D eigenvalue weighted by Gasteiger charge is -2.38. The first-order valence-corrected chi connectivity index (χ1v) is 39.1. The molecule has 0 spiro atoms. The van der Waals surface area contributed by atoms with Crippen LogP contribution in [-0.2, 0) is 52.2 Å². The van der Waals surface area contributed by atoms with Gasteiger partial charge >= 0.3 is 26.4 Å². The first-order valence-electron chi connectivity index (χ1n) is 19.7. The van der Waals surface area contributed by atoms with Crippen LogP contribution in [0.25, 0.3) is 0 Å². The smallest absolute Gasteiger partial charge is 0.454 e. The topological polar surface area (TPSA) is 111 Å². The molecule has 0 unspecified atom stereocenters. The SMILES string of the molecule is [CH]CC(CCC[Si]([CH])([CH])O[Si]([CH])([CH])CCC[Si](O[CH])(O[CH])O[CH])(CCC[Si]([CH])([CH])O[Si]([CH])([CH])CCC[Si](O[CH])(O[CH])O[CH])CCC[Si]([CH])([CH])O[Si]([CH])([CH])CCC[Si](O[CH])(O[CH])O[CH]. The van der Waals surface area contributed by atoms with Crippen molar-refractivity contribution in [2.75, 3.05) is 0 Å². The molecule has 0 aromatic rings. The van der Waals surface area contributed by atoms with Gasteiger partial charge in [0.25, 0.3) is 0 Å². The van der Waals surface area contributed by atoms with Gasteiger partial charge in [-0.3, -0.25) is 0 Å². The molecule has 0 saturated carbocycles. The zero-order valence-corrected chi connectivity index (χ0v) is 45.0. The van der Waals surface area contributed by atoms with Crippen LogP contribution in [0.3, 0.4) is 0 Å². The molecule has 0 aliphatic rings. The van der Waals surface area contributed by atoms with Crippen molar-refractivity contribution in [3.63, 3.8) is 0 Å². The van der Waals surface area contributed by atoms with Crippen LogP contribution in [0.1, 0.15) is 64.2 Å². The summed E-state index contributed by atoms with van der Waals surface area (Å²) >= 11 is 0. The molecule has 44 radical (unpaired) electrons. The van der Waals surface area contributed by atoms with E-state index in [-0.39, 0.29) is 80.1 Å². The maximum absolute atomic E-state index is 6.53. The van der Waals surface area contributed by atoms with Gasteiger partial charge in [0.1, 0.15) is 64.0 Å². The largest absolute Gasteiger partial charge is 0.502 e. The fraction of sp³-hybridized carbons (Fsp3) is 0.476. The first kappa shape index (κ1) is 64.5. The van der Waals surface area contributed by atoms with Crippen molar-refractivity contribution in [1.82, 2.24) is 0 Å². The van der Waals surface area contributed by atoms with Gasteiger partial charge in [-0.25, -0.2) is 0 Å². The predicted molar refractivity (Wildman–Crippen MR) is 251 cm³/mol. The molecule has 0 heterocycles. The lowest BCUT2D eigenvalue weighted by atomic mass is 9.73. The van der Waals surface area contributed by atoms with Gasteiger partial charge in [-0.1, -0.05) is 19.3 Å². The molecule has 0 amide bonds. The van der Waals surface area contributed by atoms with Crippen molar-refractivity contribution in [1.29, 1.82) is 0 Å². The van der Waals surface area contributed by atoms with E-state index in [1.807, 2.05) is 0 Å². The minimum Gasteiger partial charge on any atom is -0.454 e. The Kier molecular flexibility index (Phi) is 29.6. The van der Waals surface area contributed by atoms with Gasteiger partial charge in [0.05, 0.1) is 0 Å². The van der Waals surface area contributed by atoms with E-state index in [1.54, 1.807) is 0 Å². The van der Waals surface area contributed by atoms with Gasteiger partial charge in [0, 0.05) is 18.1 Å². The molecular weight excluding hydrogens is 949 g/mol. The van der Waals surface area contributed by atoms with Gasteiger partial charge in [0.15, 0.2) is 49.9 Å². The van der Waals surface area contributed by atoms with Crippen LogP contribution >= 0.6 is 0 Å². The average molecular weight is 1010 g/mol. The molecule has 0 N–H and O–H groups in total. The molecule has 0 aliphatic heterocycles. The van der Waals surface area contributed by atoms with Crippen molar-refractivity contribution in [3.05, 3.63) is 149 Å². The Morgan fingerprint density at radius 2 is 0.444 bits per heavy atom. The van der Waals surface area contributed by atoms with Crippen LogP contribution in [0.2, 0.25) is 54.4 Å². The summed E-state index contributed by atoms with van der Waals surface area (Å²) in [6.45, 7) is 83.8. The lowest BCUT2D eigenvalue weighted by molar-refractivity contribution is 0.170. The summed E-state index contributed by atoms with van der Waals surface area (Å²) in [4.78, 5) is 0. The quantitative estimate of drug-likeness (QED) is 0.0551. The van der Waals surface area contributed by atoms with Gasteiger partial charge < -0.3 is 52.2 Å². The molecule has 0 aromatic carbocycles. The minimum absolute atomic E-state index is 0.105. The lowest BCUT2D eigenvalue weighted by Crippen LogP contribution is -2.47. The Bertz CT molecular complexity index is 1050. The van der Waals surface area contributed by atoms with Crippen LogP contribution < -0.4 is 0 Å². The standard InChI is InChI=1S/C42H60O12Si9/c1-23-42(30-24-33-55(11,12)52-58(17,18)36-27-39-61(43-2,44-3)45-4,31-25-34-56(13,14)53-59(19,20)37-28-40-62(46-5,47-6)48-7)32-26-35-57(15,16)54-60(21,22)38-29-41-63(49-8,50-9)51-10/h1-22H,23-41H2. The Morgan fingerprint density at radius 3 is 0.603 bits per heavy atom. The fourth-order valence-electron chi connectivity index (χ4n) is 6.79. The molecule has 0 aromatic heterocycles. The number of hydrogen-bond acceptors (Lipinski definition) is 12. The third-order valence-electron chi connectivity index (χ3n) is 10.2. The predicted octanol–water partition coefficient (Wildman–Crippen LogP) is 8.29. The second kappa shape index (κ2) is 29.0. The molecule has 12 nitrogen and oxygen atoms in total. The van der Waals surface area contributed by atoms with Crippen molar-refractivity contribution < 1.29 is 52.2 Å². The van der Waals surface area contributed by atoms with Crippen molar-refractivity contribution >= 4 is 76.3 Å². The maximum atomic E-state index is 6.53. The van der Waals surface area contributed by atoms with Crippen LogP contribution in [0.4, 0.5) is 0 Å². The highest BCUT2D eigenvalue weighted by Gasteiger charge is 2.44.